The largest absolute Gasteiger partial charge is 0.393 e. The van der Waals surface area contributed by atoms with Crippen LogP contribution in [0.15, 0.2) is 16.3 Å². The smallest absolute Gasteiger partial charge is 0.252 e. The van der Waals surface area contributed by atoms with E-state index in [1.165, 1.54) is 15.6 Å². The zero-order valence-corrected chi connectivity index (χ0v) is 12.6. The number of aliphatic hydroxyl groups excluding tert-OH is 1. The predicted octanol–water partition coefficient (Wildman–Crippen LogP) is 0.988. The second-order valence-electron chi connectivity index (χ2n) is 4.91. The maximum absolute atomic E-state index is 12.4. The van der Waals surface area contributed by atoms with Crippen molar-refractivity contribution < 1.29 is 13.5 Å². The molecular formula is C12H20N2O3S2. The Balaban J connectivity index is 2.09. The van der Waals surface area contributed by atoms with Gasteiger partial charge in [-0.2, -0.15) is 4.31 Å². The quantitative estimate of drug-likeness (QED) is 0.869. The summed E-state index contributed by atoms with van der Waals surface area (Å²) >= 11 is 1.24. The highest BCUT2D eigenvalue weighted by Crippen LogP contribution is 2.29. The number of aliphatic hydroxyl groups is 1. The number of piperidine rings is 1. The van der Waals surface area contributed by atoms with Crippen LogP contribution < -0.4 is 5.73 Å². The lowest BCUT2D eigenvalue weighted by Gasteiger charge is -2.32. The lowest BCUT2D eigenvalue weighted by Crippen LogP contribution is -2.40. The minimum Gasteiger partial charge on any atom is -0.393 e. The van der Waals surface area contributed by atoms with E-state index in [9.17, 15) is 13.5 Å². The molecule has 19 heavy (non-hydrogen) atoms. The number of sulfonamides is 1. The molecule has 0 radical (unpaired) electrons. The summed E-state index contributed by atoms with van der Waals surface area (Å²) in [5.74, 6) is 0.203. The molecule has 1 aromatic heterocycles. The maximum atomic E-state index is 12.4. The van der Waals surface area contributed by atoms with Crippen LogP contribution in [0.1, 0.15) is 24.6 Å². The van der Waals surface area contributed by atoms with Gasteiger partial charge in [0, 0.05) is 24.5 Å². The highest BCUT2D eigenvalue weighted by atomic mass is 32.2. The maximum Gasteiger partial charge on any atom is 0.252 e. The van der Waals surface area contributed by atoms with E-state index in [1.54, 1.807) is 19.1 Å². The number of nitrogens with zero attached hydrogens (tertiary/aromatic N) is 1. The zero-order valence-electron chi connectivity index (χ0n) is 10.9. The molecule has 1 aliphatic heterocycles. The monoisotopic (exact) mass is 304 g/mol. The normalized spacial score (nSPS) is 20.6. The van der Waals surface area contributed by atoms with E-state index >= 15 is 0 Å². The van der Waals surface area contributed by atoms with Crippen LogP contribution in [-0.4, -0.2) is 37.0 Å². The molecule has 2 heterocycles. The van der Waals surface area contributed by atoms with E-state index < -0.39 is 10.0 Å². The van der Waals surface area contributed by atoms with Gasteiger partial charge in [0.15, 0.2) is 0 Å². The summed E-state index contributed by atoms with van der Waals surface area (Å²) in [4.78, 5) is 0.873. The van der Waals surface area contributed by atoms with E-state index in [-0.39, 0.29) is 12.0 Å². The van der Waals surface area contributed by atoms with Crippen LogP contribution in [-0.2, 0) is 16.6 Å². The number of thiophene rings is 1. The van der Waals surface area contributed by atoms with Crippen LogP contribution in [0, 0.1) is 5.92 Å². The Morgan fingerprint density at radius 2 is 2.11 bits per heavy atom. The highest BCUT2D eigenvalue weighted by Gasteiger charge is 2.31. The van der Waals surface area contributed by atoms with Crippen molar-refractivity contribution >= 4 is 21.4 Å². The molecule has 0 saturated carbocycles. The molecule has 1 atom stereocenters. The van der Waals surface area contributed by atoms with Gasteiger partial charge in [-0.1, -0.05) is 0 Å². The number of hydrogen-bond acceptors (Lipinski definition) is 5. The van der Waals surface area contributed by atoms with Crippen molar-refractivity contribution in [2.24, 2.45) is 11.7 Å². The molecule has 7 heteroatoms. The van der Waals surface area contributed by atoms with E-state index in [2.05, 4.69) is 0 Å². The summed E-state index contributed by atoms with van der Waals surface area (Å²) in [6, 6.07) is 3.39. The Morgan fingerprint density at radius 1 is 1.47 bits per heavy atom. The third-order valence-electron chi connectivity index (χ3n) is 3.61. The second kappa shape index (κ2) is 5.88. The molecule has 1 saturated heterocycles. The number of hydrogen-bond donors (Lipinski definition) is 2. The van der Waals surface area contributed by atoms with Gasteiger partial charge in [-0.05, 0) is 37.8 Å². The highest BCUT2D eigenvalue weighted by molar-refractivity contribution is 7.91. The first-order valence-corrected chi connectivity index (χ1v) is 8.68. The van der Waals surface area contributed by atoms with Crippen molar-refractivity contribution in [1.29, 1.82) is 0 Å². The van der Waals surface area contributed by atoms with Crippen LogP contribution in [0.5, 0.6) is 0 Å². The standard InChI is InChI=1S/C12H20N2O3S2/c1-9(15)10-4-6-14(7-5-10)19(16,17)12-3-2-11(8-13)18-12/h2-3,9-10,15H,4-8,13H2,1H3. The fourth-order valence-corrected chi connectivity index (χ4v) is 5.19. The summed E-state index contributed by atoms with van der Waals surface area (Å²) in [5.41, 5.74) is 5.51. The van der Waals surface area contributed by atoms with Crippen LogP contribution >= 0.6 is 11.3 Å². The summed E-state index contributed by atoms with van der Waals surface area (Å²) in [5, 5.41) is 9.54. The second-order valence-corrected chi connectivity index (χ2v) is 8.24. The minimum atomic E-state index is -3.39. The summed E-state index contributed by atoms with van der Waals surface area (Å²) in [7, 11) is -3.39. The van der Waals surface area contributed by atoms with E-state index in [1.807, 2.05) is 0 Å². The first-order chi connectivity index (χ1) is 8.95. The van der Waals surface area contributed by atoms with Crippen molar-refractivity contribution in [1.82, 2.24) is 4.31 Å². The Kier molecular flexibility index (Phi) is 4.62. The van der Waals surface area contributed by atoms with Crippen LogP contribution in [0.25, 0.3) is 0 Å². The topological polar surface area (TPSA) is 83.6 Å². The molecule has 1 fully saturated rings. The van der Waals surface area contributed by atoms with E-state index in [4.69, 9.17) is 5.73 Å². The lowest BCUT2D eigenvalue weighted by molar-refractivity contribution is 0.0912. The third kappa shape index (κ3) is 3.17. The molecule has 0 bridgehead atoms. The Labute approximate surface area is 118 Å². The van der Waals surface area contributed by atoms with Gasteiger partial charge in [-0.3, -0.25) is 0 Å². The van der Waals surface area contributed by atoms with Crippen LogP contribution in [0.4, 0.5) is 0 Å². The average Bonchev–Trinajstić information content (AvgIpc) is 2.88. The molecule has 108 valence electrons. The van der Waals surface area contributed by atoms with Crippen LogP contribution in [0.3, 0.4) is 0 Å². The van der Waals surface area contributed by atoms with Gasteiger partial charge in [-0.25, -0.2) is 8.42 Å². The predicted molar refractivity (Wildman–Crippen MR) is 75.4 cm³/mol. The molecular weight excluding hydrogens is 284 g/mol. The molecule has 0 spiro atoms. The fourth-order valence-electron chi connectivity index (χ4n) is 2.33. The molecule has 3 N–H and O–H groups in total. The molecule has 0 amide bonds. The fraction of sp³-hybridized carbons (Fsp3) is 0.667. The number of nitrogens with two attached hydrogens (primary N) is 1. The molecule has 1 aromatic rings. The van der Waals surface area contributed by atoms with Crippen molar-refractivity contribution in [3.8, 4) is 0 Å². The third-order valence-corrected chi connectivity index (χ3v) is 7.09. The van der Waals surface area contributed by atoms with Crippen LogP contribution in [0.2, 0.25) is 0 Å². The van der Waals surface area contributed by atoms with Gasteiger partial charge in [-0.15, -0.1) is 11.3 Å². The van der Waals surface area contributed by atoms with Crippen molar-refractivity contribution in [3.05, 3.63) is 17.0 Å². The Morgan fingerprint density at radius 3 is 2.58 bits per heavy atom. The SMILES string of the molecule is CC(O)C1CCN(S(=O)(=O)c2ccc(CN)s2)CC1. The molecule has 2 rings (SSSR count). The molecule has 0 aliphatic carbocycles. The van der Waals surface area contributed by atoms with Crippen molar-refractivity contribution in [3.63, 3.8) is 0 Å². The zero-order chi connectivity index (χ0) is 14.0. The summed E-state index contributed by atoms with van der Waals surface area (Å²) in [6.07, 6.45) is 1.06. The first kappa shape index (κ1) is 14.9. The molecule has 5 nitrogen and oxygen atoms in total. The minimum absolute atomic E-state index is 0.203. The van der Waals surface area contributed by atoms with Crippen molar-refractivity contribution in [2.45, 2.75) is 36.6 Å². The van der Waals surface area contributed by atoms with Gasteiger partial charge >= 0.3 is 0 Å². The van der Waals surface area contributed by atoms with Gasteiger partial charge in [0.1, 0.15) is 4.21 Å². The number of rotatable bonds is 4. The van der Waals surface area contributed by atoms with E-state index in [0.29, 0.717) is 36.7 Å². The summed E-state index contributed by atoms with van der Waals surface area (Å²) < 4.78 is 26.7. The van der Waals surface area contributed by atoms with Gasteiger partial charge < -0.3 is 10.8 Å². The molecule has 1 unspecified atom stereocenters. The van der Waals surface area contributed by atoms with Gasteiger partial charge in [0.2, 0.25) is 0 Å². The lowest BCUT2D eigenvalue weighted by atomic mass is 9.93. The summed E-state index contributed by atoms with van der Waals surface area (Å²) in [6.45, 7) is 3.09. The van der Waals surface area contributed by atoms with Gasteiger partial charge in [0.05, 0.1) is 6.10 Å². The first-order valence-electron chi connectivity index (χ1n) is 6.42. The Bertz CT molecular complexity index is 517. The van der Waals surface area contributed by atoms with Crippen molar-refractivity contribution in [2.75, 3.05) is 13.1 Å². The Hall–Kier alpha value is -0.470. The molecule has 1 aliphatic rings. The molecule has 0 aromatic carbocycles. The van der Waals surface area contributed by atoms with Gasteiger partial charge in [0.25, 0.3) is 10.0 Å². The average molecular weight is 304 g/mol. The van der Waals surface area contributed by atoms with E-state index in [0.717, 1.165) is 4.88 Å².